The summed E-state index contributed by atoms with van der Waals surface area (Å²) < 4.78 is 37.2. The van der Waals surface area contributed by atoms with Crippen LogP contribution in [0.25, 0.3) is 22.8 Å². The molecule has 0 atom stereocenters. The molecule has 0 spiro atoms. The Morgan fingerprint density at radius 2 is 1.71 bits per heavy atom. The van der Waals surface area contributed by atoms with E-state index < -0.39 is 17.5 Å². The van der Waals surface area contributed by atoms with Crippen molar-refractivity contribution < 1.29 is 22.8 Å². The van der Waals surface area contributed by atoms with Crippen LogP contribution in [0.4, 0.5) is 14.5 Å². The van der Waals surface area contributed by atoms with Gasteiger partial charge in [-0.05, 0) is 43.3 Å². The standard InChI is InChI=1S/C23H17F2N3O3/c1-14-2-4-15(5-3-14)22-27-23(31-28-22)16-6-9-18(10-7-16)30-13-21(29)26-20-11-8-17(24)12-19(20)25/h2-12H,13H2,1H3,(H,26,29). The highest BCUT2D eigenvalue weighted by molar-refractivity contribution is 5.92. The summed E-state index contributed by atoms with van der Waals surface area (Å²) in [5, 5.41) is 6.33. The van der Waals surface area contributed by atoms with E-state index in [1.54, 1.807) is 24.3 Å². The van der Waals surface area contributed by atoms with E-state index in [1.807, 2.05) is 31.2 Å². The lowest BCUT2D eigenvalue weighted by atomic mass is 10.1. The van der Waals surface area contributed by atoms with Crippen LogP contribution in [-0.2, 0) is 4.79 Å². The van der Waals surface area contributed by atoms with Crippen LogP contribution in [0.5, 0.6) is 5.75 Å². The van der Waals surface area contributed by atoms with Crippen molar-refractivity contribution in [2.24, 2.45) is 0 Å². The molecule has 156 valence electrons. The molecule has 8 heteroatoms. The van der Waals surface area contributed by atoms with E-state index in [9.17, 15) is 13.6 Å². The molecule has 3 aromatic carbocycles. The van der Waals surface area contributed by atoms with Crippen molar-refractivity contribution in [1.82, 2.24) is 10.1 Å². The third kappa shape index (κ3) is 4.92. The van der Waals surface area contributed by atoms with Gasteiger partial charge in [0.15, 0.2) is 6.61 Å². The van der Waals surface area contributed by atoms with Gasteiger partial charge in [-0.15, -0.1) is 0 Å². The second-order valence-electron chi connectivity index (χ2n) is 6.77. The molecule has 4 aromatic rings. The third-order valence-corrected chi connectivity index (χ3v) is 4.41. The number of hydrogen-bond donors (Lipinski definition) is 1. The van der Waals surface area contributed by atoms with Crippen LogP contribution in [0.1, 0.15) is 5.56 Å². The highest BCUT2D eigenvalue weighted by Crippen LogP contribution is 2.24. The van der Waals surface area contributed by atoms with Crippen molar-refractivity contribution in [3.05, 3.63) is 83.9 Å². The molecule has 0 bridgehead atoms. The van der Waals surface area contributed by atoms with Crippen LogP contribution < -0.4 is 10.1 Å². The average Bonchev–Trinajstić information content (AvgIpc) is 3.25. The number of nitrogens with zero attached hydrogens (tertiary/aromatic N) is 2. The van der Waals surface area contributed by atoms with E-state index in [0.717, 1.165) is 23.3 Å². The van der Waals surface area contributed by atoms with E-state index in [0.29, 0.717) is 29.1 Å². The minimum absolute atomic E-state index is 0.119. The first-order chi connectivity index (χ1) is 15.0. The fraction of sp³-hybridized carbons (Fsp3) is 0.0870. The Kier molecular flexibility index (Phi) is 5.70. The summed E-state index contributed by atoms with van der Waals surface area (Å²) in [6, 6.07) is 17.4. The number of halogens is 2. The van der Waals surface area contributed by atoms with Gasteiger partial charge in [-0.25, -0.2) is 8.78 Å². The molecule has 0 aliphatic carbocycles. The number of aromatic nitrogens is 2. The lowest BCUT2D eigenvalue weighted by Crippen LogP contribution is -2.20. The normalized spacial score (nSPS) is 10.7. The van der Waals surface area contributed by atoms with Gasteiger partial charge >= 0.3 is 0 Å². The summed E-state index contributed by atoms with van der Waals surface area (Å²) >= 11 is 0. The lowest BCUT2D eigenvalue weighted by Gasteiger charge is -2.08. The lowest BCUT2D eigenvalue weighted by molar-refractivity contribution is -0.118. The predicted molar refractivity (Wildman–Crippen MR) is 110 cm³/mol. The van der Waals surface area contributed by atoms with Gasteiger partial charge in [0, 0.05) is 17.2 Å². The smallest absolute Gasteiger partial charge is 0.262 e. The predicted octanol–water partition coefficient (Wildman–Crippen LogP) is 5.01. The van der Waals surface area contributed by atoms with Gasteiger partial charge in [-0.3, -0.25) is 4.79 Å². The molecule has 0 saturated carbocycles. The monoisotopic (exact) mass is 421 g/mol. The minimum Gasteiger partial charge on any atom is -0.484 e. The van der Waals surface area contributed by atoms with E-state index in [1.165, 1.54) is 0 Å². The second-order valence-corrected chi connectivity index (χ2v) is 6.77. The summed E-state index contributed by atoms with van der Waals surface area (Å²) in [7, 11) is 0. The average molecular weight is 421 g/mol. The molecule has 1 aromatic heterocycles. The van der Waals surface area contributed by atoms with Crippen molar-refractivity contribution in [2.75, 3.05) is 11.9 Å². The maximum atomic E-state index is 13.6. The Labute approximate surface area is 176 Å². The highest BCUT2D eigenvalue weighted by Gasteiger charge is 2.12. The van der Waals surface area contributed by atoms with E-state index >= 15 is 0 Å². The highest BCUT2D eigenvalue weighted by atomic mass is 19.1. The van der Waals surface area contributed by atoms with Gasteiger partial charge in [-0.2, -0.15) is 4.98 Å². The summed E-state index contributed by atoms with van der Waals surface area (Å²) in [5.41, 5.74) is 2.56. The molecular weight excluding hydrogens is 404 g/mol. The molecule has 1 amide bonds. The number of ether oxygens (including phenoxy) is 1. The first-order valence-electron chi connectivity index (χ1n) is 9.37. The zero-order valence-electron chi connectivity index (χ0n) is 16.4. The van der Waals surface area contributed by atoms with E-state index in [4.69, 9.17) is 9.26 Å². The number of hydrogen-bond acceptors (Lipinski definition) is 5. The number of nitrogens with one attached hydrogen (secondary N) is 1. The zero-order valence-corrected chi connectivity index (χ0v) is 16.4. The van der Waals surface area contributed by atoms with Crippen molar-refractivity contribution in [2.45, 2.75) is 6.92 Å². The Morgan fingerprint density at radius 3 is 2.42 bits per heavy atom. The van der Waals surface area contributed by atoms with Gasteiger partial charge in [0.1, 0.15) is 17.4 Å². The van der Waals surface area contributed by atoms with Crippen molar-refractivity contribution in [3.8, 4) is 28.6 Å². The van der Waals surface area contributed by atoms with E-state index in [-0.39, 0.29) is 12.3 Å². The Morgan fingerprint density at radius 1 is 1.00 bits per heavy atom. The molecule has 0 aliphatic heterocycles. The number of amides is 1. The fourth-order valence-electron chi connectivity index (χ4n) is 2.78. The van der Waals surface area contributed by atoms with Crippen LogP contribution in [0.2, 0.25) is 0 Å². The van der Waals surface area contributed by atoms with Crippen LogP contribution >= 0.6 is 0 Å². The van der Waals surface area contributed by atoms with Crippen molar-refractivity contribution in [3.63, 3.8) is 0 Å². The number of carbonyl (C=O) groups excluding carboxylic acids is 1. The van der Waals surface area contributed by atoms with Gasteiger partial charge < -0.3 is 14.6 Å². The quantitative estimate of drug-likeness (QED) is 0.474. The first kappa shape index (κ1) is 20.2. The molecule has 0 aliphatic rings. The van der Waals surface area contributed by atoms with Gasteiger partial charge in [-0.1, -0.05) is 35.0 Å². The topological polar surface area (TPSA) is 77.2 Å². The third-order valence-electron chi connectivity index (χ3n) is 4.41. The number of benzene rings is 3. The van der Waals surface area contributed by atoms with E-state index in [2.05, 4.69) is 15.5 Å². The molecule has 4 rings (SSSR count). The molecule has 0 saturated heterocycles. The minimum atomic E-state index is -0.859. The van der Waals surface area contributed by atoms with Gasteiger partial charge in [0.25, 0.3) is 11.8 Å². The Bertz CT molecular complexity index is 1210. The number of aryl methyl sites for hydroxylation is 1. The Balaban J connectivity index is 1.36. The molecule has 1 N–H and O–H groups in total. The fourth-order valence-corrected chi connectivity index (χ4v) is 2.78. The van der Waals surface area contributed by atoms with Crippen molar-refractivity contribution >= 4 is 11.6 Å². The molecule has 0 fully saturated rings. The molecule has 6 nitrogen and oxygen atoms in total. The van der Waals surface area contributed by atoms with Crippen LogP contribution in [0, 0.1) is 18.6 Å². The van der Waals surface area contributed by atoms with Gasteiger partial charge in [0.2, 0.25) is 5.82 Å². The molecule has 0 unspecified atom stereocenters. The molecule has 31 heavy (non-hydrogen) atoms. The Hall–Kier alpha value is -4.07. The largest absolute Gasteiger partial charge is 0.484 e. The summed E-state index contributed by atoms with van der Waals surface area (Å²) in [6.45, 7) is 1.66. The molecule has 1 heterocycles. The maximum absolute atomic E-state index is 13.6. The zero-order chi connectivity index (χ0) is 21.8. The van der Waals surface area contributed by atoms with Crippen LogP contribution in [0.3, 0.4) is 0 Å². The van der Waals surface area contributed by atoms with Crippen LogP contribution in [0.15, 0.2) is 71.3 Å². The summed E-state index contributed by atoms with van der Waals surface area (Å²) in [5.74, 6) is -0.890. The second kappa shape index (κ2) is 8.74. The SMILES string of the molecule is Cc1ccc(-c2noc(-c3ccc(OCC(=O)Nc4ccc(F)cc4F)cc3)n2)cc1. The van der Waals surface area contributed by atoms with Gasteiger partial charge in [0.05, 0.1) is 5.69 Å². The summed E-state index contributed by atoms with van der Waals surface area (Å²) in [6.07, 6.45) is 0. The van der Waals surface area contributed by atoms with Crippen LogP contribution in [-0.4, -0.2) is 22.7 Å². The molecule has 0 radical (unpaired) electrons. The number of carbonyl (C=O) groups is 1. The molecular formula is C23H17F2N3O3. The maximum Gasteiger partial charge on any atom is 0.262 e. The summed E-state index contributed by atoms with van der Waals surface area (Å²) in [4.78, 5) is 16.3. The number of anilines is 1. The first-order valence-corrected chi connectivity index (χ1v) is 9.37. The van der Waals surface area contributed by atoms with Crippen molar-refractivity contribution in [1.29, 1.82) is 0 Å². The number of rotatable bonds is 6.